The number of ether oxygens (including phenoxy) is 1. The first-order valence-corrected chi connectivity index (χ1v) is 6.71. The second-order valence-corrected chi connectivity index (χ2v) is 4.94. The maximum absolute atomic E-state index is 6.20. The Hall–Kier alpha value is -1.67. The molecule has 3 heteroatoms. The van der Waals surface area contributed by atoms with Gasteiger partial charge in [0.1, 0.15) is 5.75 Å². The molecule has 0 saturated heterocycles. The number of anilines is 1. The van der Waals surface area contributed by atoms with E-state index in [0.29, 0.717) is 5.92 Å². The second kappa shape index (κ2) is 6.48. The number of halogens is 1. The minimum absolute atomic E-state index is 0.357. The van der Waals surface area contributed by atoms with Crippen LogP contribution in [0.25, 0.3) is 0 Å². The van der Waals surface area contributed by atoms with Crippen LogP contribution in [0.5, 0.6) is 5.75 Å². The minimum Gasteiger partial charge on any atom is -0.497 e. The summed E-state index contributed by atoms with van der Waals surface area (Å²) < 4.78 is 5.13. The quantitative estimate of drug-likeness (QED) is 0.863. The van der Waals surface area contributed by atoms with Gasteiger partial charge >= 0.3 is 0 Å². The zero-order chi connectivity index (χ0) is 13.7. The van der Waals surface area contributed by atoms with Crippen molar-refractivity contribution in [1.29, 1.82) is 0 Å². The van der Waals surface area contributed by atoms with Gasteiger partial charge in [-0.3, -0.25) is 0 Å². The van der Waals surface area contributed by atoms with E-state index in [9.17, 15) is 0 Å². The molecular formula is C16H18ClNO. The topological polar surface area (TPSA) is 21.3 Å². The highest BCUT2D eigenvalue weighted by atomic mass is 35.5. The molecule has 2 nitrogen and oxygen atoms in total. The molecule has 0 aromatic heterocycles. The largest absolute Gasteiger partial charge is 0.497 e. The smallest absolute Gasteiger partial charge is 0.119 e. The lowest BCUT2D eigenvalue weighted by Crippen LogP contribution is -2.10. The van der Waals surface area contributed by atoms with Gasteiger partial charge in [-0.2, -0.15) is 0 Å². The fourth-order valence-electron chi connectivity index (χ4n) is 1.96. The summed E-state index contributed by atoms with van der Waals surface area (Å²) in [6.45, 7) is 3.01. The molecule has 1 atom stereocenters. The lowest BCUT2D eigenvalue weighted by Gasteiger charge is -2.15. The molecule has 0 aliphatic rings. The van der Waals surface area contributed by atoms with Crippen LogP contribution in [0.2, 0.25) is 5.02 Å². The molecule has 2 rings (SSSR count). The Morgan fingerprint density at radius 2 is 1.79 bits per heavy atom. The van der Waals surface area contributed by atoms with Crippen molar-refractivity contribution in [3.8, 4) is 5.75 Å². The number of hydrogen-bond donors (Lipinski definition) is 1. The van der Waals surface area contributed by atoms with Gasteiger partial charge in [-0.15, -0.1) is 0 Å². The Bertz CT molecular complexity index is 525. The normalized spacial score (nSPS) is 11.9. The van der Waals surface area contributed by atoms with Crippen molar-refractivity contribution < 1.29 is 4.74 Å². The summed E-state index contributed by atoms with van der Waals surface area (Å²) in [5.41, 5.74) is 2.25. The highest BCUT2D eigenvalue weighted by Crippen LogP contribution is 2.24. The predicted octanol–water partition coefficient (Wildman–Crippen LogP) is 4.56. The zero-order valence-electron chi connectivity index (χ0n) is 11.2. The van der Waals surface area contributed by atoms with Crippen LogP contribution in [0.1, 0.15) is 18.4 Å². The summed E-state index contributed by atoms with van der Waals surface area (Å²) in [6, 6.07) is 15.9. The predicted molar refractivity (Wildman–Crippen MR) is 81.4 cm³/mol. The Labute approximate surface area is 119 Å². The molecule has 0 unspecified atom stereocenters. The lowest BCUT2D eigenvalue weighted by molar-refractivity contribution is 0.415. The Balaban J connectivity index is 1.96. The average Bonchev–Trinajstić information content (AvgIpc) is 2.46. The zero-order valence-corrected chi connectivity index (χ0v) is 11.9. The van der Waals surface area contributed by atoms with Gasteiger partial charge in [0.05, 0.1) is 7.11 Å². The summed E-state index contributed by atoms with van der Waals surface area (Å²) in [4.78, 5) is 0. The summed E-state index contributed by atoms with van der Waals surface area (Å²) in [5.74, 6) is 1.22. The van der Waals surface area contributed by atoms with Crippen LogP contribution in [0.15, 0.2) is 48.5 Å². The third kappa shape index (κ3) is 3.65. The van der Waals surface area contributed by atoms with Crippen molar-refractivity contribution >= 4 is 17.3 Å². The summed E-state index contributed by atoms with van der Waals surface area (Å²) >= 11 is 6.20. The first-order valence-electron chi connectivity index (χ1n) is 6.33. The summed E-state index contributed by atoms with van der Waals surface area (Å²) in [6.07, 6.45) is 0. The van der Waals surface area contributed by atoms with Crippen LogP contribution in [-0.4, -0.2) is 13.7 Å². The van der Waals surface area contributed by atoms with E-state index < -0.39 is 0 Å². The Kier molecular flexibility index (Phi) is 4.69. The molecule has 0 fully saturated rings. The number of hydrogen-bond acceptors (Lipinski definition) is 2. The summed E-state index contributed by atoms with van der Waals surface area (Å²) in [7, 11) is 1.67. The molecule has 19 heavy (non-hydrogen) atoms. The molecule has 0 aliphatic carbocycles. The minimum atomic E-state index is 0.357. The van der Waals surface area contributed by atoms with Crippen molar-refractivity contribution in [1.82, 2.24) is 0 Å². The van der Waals surface area contributed by atoms with E-state index in [1.54, 1.807) is 7.11 Å². The Morgan fingerprint density at radius 1 is 1.11 bits per heavy atom. The maximum atomic E-state index is 6.20. The Morgan fingerprint density at radius 3 is 2.42 bits per heavy atom. The van der Waals surface area contributed by atoms with Crippen LogP contribution in [0.3, 0.4) is 0 Å². The molecule has 0 saturated carbocycles. The van der Waals surface area contributed by atoms with Crippen LogP contribution in [0, 0.1) is 0 Å². The van der Waals surface area contributed by atoms with Gasteiger partial charge < -0.3 is 10.1 Å². The average molecular weight is 276 g/mol. The molecule has 0 aliphatic heterocycles. The van der Waals surface area contributed by atoms with Gasteiger partial charge in [-0.25, -0.2) is 0 Å². The highest BCUT2D eigenvalue weighted by molar-refractivity contribution is 6.31. The molecule has 0 bridgehead atoms. The van der Waals surface area contributed by atoms with Crippen molar-refractivity contribution in [2.45, 2.75) is 12.8 Å². The fourth-order valence-corrected chi connectivity index (χ4v) is 2.29. The maximum Gasteiger partial charge on any atom is 0.119 e. The lowest BCUT2D eigenvalue weighted by atomic mass is 10.0. The van der Waals surface area contributed by atoms with E-state index in [1.165, 1.54) is 5.56 Å². The van der Waals surface area contributed by atoms with Crippen molar-refractivity contribution in [2.24, 2.45) is 0 Å². The van der Waals surface area contributed by atoms with Crippen molar-refractivity contribution in [3.63, 3.8) is 0 Å². The van der Waals surface area contributed by atoms with Crippen LogP contribution < -0.4 is 10.1 Å². The molecule has 2 aromatic rings. The molecule has 0 radical (unpaired) electrons. The van der Waals surface area contributed by atoms with E-state index in [0.717, 1.165) is 23.0 Å². The van der Waals surface area contributed by atoms with Crippen LogP contribution in [0.4, 0.5) is 5.69 Å². The van der Waals surface area contributed by atoms with Gasteiger partial charge in [0.25, 0.3) is 0 Å². The van der Waals surface area contributed by atoms with E-state index in [-0.39, 0.29) is 0 Å². The second-order valence-electron chi connectivity index (χ2n) is 4.53. The molecule has 0 heterocycles. The van der Waals surface area contributed by atoms with Gasteiger partial charge in [0.15, 0.2) is 0 Å². The third-order valence-corrected chi connectivity index (χ3v) is 3.48. The van der Waals surface area contributed by atoms with Gasteiger partial charge in [0, 0.05) is 17.3 Å². The van der Waals surface area contributed by atoms with Crippen LogP contribution in [-0.2, 0) is 0 Å². The van der Waals surface area contributed by atoms with Crippen LogP contribution >= 0.6 is 11.6 Å². The molecule has 100 valence electrons. The molecule has 1 N–H and O–H groups in total. The van der Waals surface area contributed by atoms with Gasteiger partial charge in [-0.05, 0) is 41.8 Å². The number of benzene rings is 2. The number of methoxy groups -OCH3 is 1. The standard InChI is InChI=1S/C16H18ClNO/c1-12(15-5-3-4-6-16(15)17)11-18-13-7-9-14(19-2)10-8-13/h3-10,12,18H,11H2,1-2H3/t12-/m0/s1. The third-order valence-electron chi connectivity index (χ3n) is 3.14. The summed E-state index contributed by atoms with van der Waals surface area (Å²) in [5, 5.41) is 4.23. The van der Waals surface area contributed by atoms with E-state index >= 15 is 0 Å². The molecule has 2 aromatic carbocycles. The van der Waals surface area contributed by atoms with Crippen molar-refractivity contribution in [3.05, 3.63) is 59.1 Å². The fraction of sp³-hybridized carbons (Fsp3) is 0.250. The van der Waals surface area contributed by atoms with Gasteiger partial charge in [0.2, 0.25) is 0 Å². The number of rotatable bonds is 5. The highest BCUT2D eigenvalue weighted by Gasteiger charge is 2.08. The molecule has 0 amide bonds. The van der Waals surface area contributed by atoms with E-state index in [2.05, 4.69) is 18.3 Å². The van der Waals surface area contributed by atoms with E-state index in [1.807, 2.05) is 42.5 Å². The first-order chi connectivity index (χ1) is 9.20. The first kappa shape index (κ1) is 13.8. The SMILES string of the molecule is COc1ccc(NC[C@H](C)c2ccccc2Cl)cc1. The van der Waals surface area contributed by atoms with Gasteiger partial charge in [-0.1, -0.05) is 36.7 Å². The van der Waals surface area contributed by atoms with E-state index in [4.69, 9.17) is 16.3 Å². The number of nitrogens with one attached hydrogen (secondary N) is 1. The van der Waals surface area contributed by atoms with Crippen molar-refractivity contribution in [2.75, 3.05) is 19.0 Å². The molecule has 0 spiro atoms. The monoisotopic (exact) mass is 275 g/mol. The molecular weight excluding hydrogens is 258 g/mol.